The number of carbonyl (C=O) groups excluding carboxylic acids is 2. The van der Waals surface area contributed by atoms with E-state index in [0.717, 1.165) is 11.4 Å². The second-order valence-corrected chi connectivity index (χ2v) is 5.96. The van der Waals surface area contributed by atoms with Gasteiger partial charge < -0.3 is 5.32 Å². The minimum absolute atomic E-state index is 0.271. The monoisotopic (exact) mass is 353 g/mol. The minimum atomic E-state index is -0.303. The first-order valence-corrected chi connectivity index (χ1v) is 8.23. The third-order valence-corrected chi connectivity index (χ3v) is 4.17. The highest BCUT2D eigenvalue weighted by molar-refractivity contribution is 7.14. The molecule has 0 atom stereocenters. The lowest BCUT2D eigenvalue weighted by Gasteiger charge is -2.04. The Morgan fingerprint density at radius 3 is 2.60 bits per heavy atom. The highest BCUT2D eigenvalue weighted by Crippen LogP contribution is 2.24. The third kappa shape index (κ3) is 3.81. The molecule has 126 valence electrons. The normalized spacial score (nSPS) is 10.3. The summed E-state index contributed by atoms with van der Waals surface area (Å²) in [6, 6.07) is 8.42. The predicted octanol–water partition coefficient (Wildman–Crippen LogP) is 2.92. The van der Waals surface area contributed by atoms with Crippen molar-refractivity contribution >= 4 is 34.0 Å². The second kappa shape index (κ2) is 7.10. The molecule has 2 N–H and O–H groups in total. The Balaban J connectivity index is 1.68. The summed E-state index contributed by atoms with van der Waals surface area (Å²) in [4.78, 5) is 27.9. The van der Waals surface area contributed by atoms with E-state index in [4.69, 9.17) is 0 Å². The van der Waals surface area contributed by atoms with Crippen molar-refractivity contribution in [1.82, 2.24) is 14.8 Å². The van der Waals surface area contributed by atoms with Gasteiger partial charge in [0.25, 0.3) is 5.91 Å². The van der Waals surface area contributed by atoms with Crippen LogP contribution in [-0.4, -0.2) is 26.6 Å². The molecule has 0 aliphatic rings. The zero-order valence-corrected chi connectivity index (χ0v) is 14.2. The standard InChI is InChI=1S/C17H15N5O2S/c1-3-15(23)19-12-6-4-11(5-7-12)16(24)21-17-20-13(10-25-17)14-8-9-18-22(14)2/h3-10H,1H2,2H3,(H,19,23)(H,20,21,24). The number of benzene rings is 1. The van der Waals surface area contributed by atoms with Crippen molar-refractivity contribution in [1.29, 1.82) is 0 Å². The van der Waals surface area contributed by atoms with Gasteiger partial charge in [0.2, 0.25) is 5.91 Å². The van der Waals surface area contributed by atoms with Gasteiger partial charge in [-0.1, -0.05) is 6.58 Å². The first-order valence-electron chi connectivity index (χ1n) is 7.35. The van der Waals surface area contributed by atoms with Crippen molar-refractivity contribution in [2.75, 3.05) is 10.6 Å². The van der Waals surface area contributed by atoms with Gasteiger partial charge in [0.15, 0.2) is 5.13 Å². The number of rotatable bonds is 5. The van der Waals surface area contributed by atoms with E-state index >= 15 is 0 Å². The highest BCUT2D eigenvalue weighted by atomic mass is 32.1. The van der Waals surface area contributed by atoms with Gasteiger partial charge in [-0.3, -0.25) is 19.6 Å². The van der Waals surface area contributed by atoms with Crippen LogP contribution in [0.4, 0.5) is 10.8 Å². The lowest BCUT2D eigenvalue weighted by Crippen LogP contribution is -2.12. The fourth-order valence-electron chi connectivity index (χ4n) is 2.14. The van der Waals surface area contributed by atoms with E-state index in [-0.39, 0.29) is 11.8 Å². The Kier molecular flexibility index (Phi) is 4.71. The molecule has 2 aromatic heterocycles. The summed E-state index contributed by atoms with van der Waals surface area (Å²) in [6.45, 7) is 3.39. The largest absolute Gasteiger partial charge is 0.323 e. The molecule has 1 aromatic carbocycles. The third-order valence-electron chi connectivity index (χ3n) is 3.41. The number of nitrogens with zero attached hydrogens (tertiary/aromatic N) is 3. The molecule has 0 saturated heterocycles. The summed E-state index contributed by atoms with van der Waals surface area (Å²) in [5, 5.41) is 11.9. The van der Waals surface area contributed by atoms with Crippen LogP contribution in [-0.2, 0) is 11.8 Å². The van der Waals surface area contributed by atoms with Crippen molar-refractivity contribution < 1.29 is 9.59 Å². The zero-order chi connectivity index (χ0) is 17.8. The topological polar surface area (TPSA) is 88.9 Å². The number of hydrogen-bond acceptors (Lipinski definition) is 5. The number of aryl methyl sites for hydroxylation is 1. The van der Waals surface area contributed by atoms with Gasteiger partial charge in [0.1, 0.15) is 5.69 Å². The molecule has 8 heteroatoms. The molecule has 0 aliphatic heterocycles. The molecule has 0 unspecified atom stereocenters. The molecule has 0 bridgehead atoms. The van der Waals surface area contributed by atoms with Crippen LogP contribution < -0.4 is 10.6 Å². The molecule has 0 spiro atoms. The van der Waals surface area contributed by atoms with Crippen LogP contribution in [0.15, 0.2) is 54.6 Å². The lowest BCUT2D eigenvalue weighted by molar-refractivity contribution is -0.111. The number of anilines is 2. The average Bonchev–Trinajstić information content (AvgIpc) is 3.24. The summed E-state index contributed by atoms with van der Waals surface area (Å²) in [6.07, 6.45) is 2.88. The number of hydrogen-bond donors (Lipinski definition) is 2. The van der Waals surface area contributed by atoms with Gasteiger partial charge in [-0.05, 0) is 36.4 Å². The van der Waals surface area contributed by atoms with Gasteiger partial charge in [-0.15, -0.1) is 11.3 Å². The fraction of sp³-hybridized carbons (Fsp3) is 0.0588. The summed E-state index contributed by atoms with van der Waals surface area (Å²) >= 11 is 1.34. The average molecular weight is 353 g/mol. The molecule has 0 aliphatic carbocycles. The van der Waals surface area contributed by atoms with Crippen LogP contribution in [0.3, 0.4) is 0 Å². The first-order chi connectivity index (χ1) is 12.1. The maximum Gasteiger partial charge on any atom is 0.257 e. The Hall–Kier alpha value is -3.26. The van der Waals surface area contributed by atoms with E-state index in [1.807, 2.05) is 18.5 Å². The Morgan fingerprint density at radius 1 is 1.20 bits per heavy atom. The quantitative estimate of drug-likeness (QED) is 0.690. The molecule has 3 rings (SSSR count). The summed E-state index contributed by atoms with van der Waals surface area (Å²) < 4.78 is 1.72. The van der Waals surface area contributed by atoms with Gasteiger partial charge in [-0.25, -0.2) is 4.98 Å². The SMILES string of the molecule is C=CC(=O)Nc1ccc(C(=O)Nc2nc(-c3ccnn3C)cs2)cc1. The number of aromatic nitrogens is 3. The van der Waals surface area contributed by atoms with Gasteiger partial charge in [0, 0.05) is 29.9 Å². The Morgan fingerprint density at radius 2 is 1.96 bits per heavy atom. The predicted molar refractivity (Wildman–Crippen MR) is 97.5 cm³/mol. The smallest absolute Gasteiger partial charge is 0.257 e. The number of nitrogens with one attached hydrogen (secondary N) is 2. The molecule has 2 heterocycles. The van der Waals surface area contributed by atoms with Crippen LogP contribution in [0.25, 0.3) is 11.4 Å². The molecule has 0 fully saturated rings. The summed E-state index contributed by atoms with van der Waals surface area (Å²) in [5.41, 5.74) is 2.69. The van der Waals surface area contributed by atoms with Crippen molar-refractivity contribution in [2.45, 2.75) is 0 Å². The van der Waals surface area contributed by atoms with Crippen molar-refractivity contribution in [3.63, 3.8) is 0 Å². The van der Waals surface area contributed by atoms with Gasteiger partial charge >= 0.3 is 0 Å². The van der Waals surface area contributed by atoms with Crippen LogP contribution in [0.1, 0.15) is 10.4 Å². The number of carbonyl (C=O) groups is 2. The molecule has 2 amide bonds. The van der Waals surface area contributed by atoms with E-state index in [1.54, 1.807) is 35.1 Å². The number of thiazole rings is 1. The van der Waals surface area contributed by atoms with E-state index in [0.29, 0.717) is 16.4 Å². The summed E-state index contributed by atoms with van der Waals surface area (Å²) in [7, 11) is 1.83. The highest BCUT2D eigenvalue weighted by Gasteiger charge is 2.11. The first kappa shape index (κ1) is 16.6. The van der Waals surface area contributed by atoms with E-state index in [9.17, 15) is 9.59 Å². The van der Waals surface area contributed by atoms with Crippen LogP contribution in [0, 0.1) is 0 Å². The Bertz CT molecular complexity index is 927. The number of amides is 2. The molecule has 0 saturated carbocycles. The van der Waals surface area contributed by atoms with Gasteiger partial charge in [-0.2, -0.15) is 5.10 Å². The van der Waals surface area contributed by atoms with Crippen LogP contribution in [0.5, 0.6) is 0 Å². The van der Waals surface area contributed by atoms with Crippen molar-refractivity contribution in [2.24, 2.45) is 7.05 Å². The fourth-order valence-corrected chi connectivity index (χ4v) is 2.84. The van der Waals surface area contributed by atoms with Crippen LogP contribution >= 0.6 is 11.3 Å². The second-order valence-electron chi connectivity index (χ2n) is 5.10. The molecule has 3 aromatic rings. The maximum atomic E-state index is 12.3. The zero-order valence-electron chi connectivity index (χ0n) is 13.4. The minimum Gasteiger partial charge on any atom is -0.323 e. The molecule has 25 heavy (non-hydrogen) atoms. The lowest BCUT2D eigenvalue weighted by atomic mass is 10.2. The Labute approximate surface area is 148 Å². The van der Waals surface area contributed by atoms with E-state index in [1.165, 1.54) is 17.4 Å². The summed E-state index contributed by atoms with van der Waals surface area (Å²) in [5.74, 6) is -0.574. The molecule has 7 nitrogen and oxygen atoms in total. The van der Waals surface area contributed by atoms with Gasteiger partial charge in [0.05, 0.1) is 5.69 Å². The van der Waals surface area contributed by atoms with Crippen molar-refractivity contribution in [3.05, 3.63) is 60.1 Å². The van der Waals surface area contributed by atoms with Crippen LogP contribution in [0.2, 0.25) is 0 Å². The molecular weight excluding hydrogens is 338 g/mol. The van der Waals surface area contributed by atoms with Crippen molar-refractivity contribution in [3.8, 4) is 11.4 Å². The molecular formula is C17H15N5O2S. The van der Waals surface area contributed by atoms with E-state index in [2.05, 4.69) is 27.3 Å². The molecule has 0 radical (unpaired) electrons. The van der Waals surface area contributed by atoms with E-state index < -0.39 is 0 Å². The maximum absolute atomic E-state index is 12.3.